The van der Waals surface area contributed by atoms with Crippen molar-refractivity contribution in [2.24, 2.45) is 0 Å². The van der Waals surface area contributed by atoms with E-state index in [-0.39, 0.29) is 0 Å². The molecule has 3 aromatic rings. The first-order chi connectivity index (χ1) is 11.3. The highest BCUT2D eigenvalue weighted by Gasteiger charge is 2.39. The van der Waals surface area contributed by atoms with Gasteiger partial charge in [-0.15, -0.1) is 0 Å². The summed E-state index contributed by atoms with van der Waals surface area (Å²) in [6, 6.07) is 4.53. The Bertz CT molecular complexity index is 871. The number of aliphatic hydroxyl groups excluding tert-OH is 1. The van der Waals surface area contributed by atoms with Gasteiger partial charge in [0.15, 0.2) is 0 Å². The molecular formula is C17H17N5O. The smallest absolute Gasteiger partial charge is 0.149 e. The van der Waals surface area contributed by atoms with Crippen LogP contribution < -0.4 is 0 Å². The lowest BCUT2D eigenvalue weighted by Gasteiger charge is -2.34. The summed E-state index contributed by atoms with van der Waals surface area (Å²) < 4.78 is 2.20. The molecular weight excluding hydrogens is 290 g/mol. The van der Waals surface area contributed by atoms with E-state index in [9.17, 15) is 5.11 Å². The van der Waals surface area contributed by atoms with E-state index in [0.29, 0.717) is 6.04 Å². The zero-order chi connectivity index (χ0) is 15.4. The normalized spacial score (nSPS) is 21.5. The van der Waals surface area contributed by atoms with Crippen molar-refractivity contribution in [3.63, 3.8) is 0 Å². The van der Waals surface area contributed by atoms with Gasteiger partial charge in [-0.3, -0.25) is 9.88 Å². The van der Waals surface area contributed by atoms with Crippen molar-refractivity contribution in [3.05, 3.63) is 42.7 Å². The predicted octanol–water partition coefficient (Wildman–Crippen LogP) is 1.96. The van der Waals surface area contributed by atoms with E-state index >= 15 is 0 Å². The number of rotatable bonds is 2. The maximum atomic E-state index is 11.0. The van der Waals surface area contributed by atoms with Gasteiger partial charge in [-0.1, -0.05) is 0 Å². The minimum Gasteiger partial charge on any atom is -0.372 e. The molecule has 0 amide bonds. The van der Waals surface area contributed by atoms with Crippen LogP contribution >= 0.6 is 0 Å². The molecule has 2 aliphatic rings. The zero-order valence-electron chi connectivity index (χ0n) is 12.6. The molecule has 5 rings (SSSR count). The van der Waals surface area contributed by atoms with E-state index in [4.69, 9.17) is 0 Å². The number of hydrogen-bond acceptors (Lipinski definition) is 5. The second kappa shape index (κ2) is 4.84. The van der Waals surface area contributed by atoms with E-state index < -0.39 is 6.23 Å². The Hall–Kier alpha value is -2.31. The summed E-state index contributed by atoms with van der Waals surface area (Å²) >= 11 is 0. The molecule has 0 spiro atoms. The molecule has 0 radical (unpaired) electrons. The largest absolute Gasteiger partial charge is 0.372 e. The van der Waals surface area contributed by atoms with E-state index in [2.05, 4.69) is 30.5 Å². The molecule has 1 fully saturated rings. The molecule has 1 saturated carbocycles. The third-order valence-electron chi connectivity index (χ3n) is 4.87. The first-order valence-electron chi connectivity index (χ1n) is 8.01. The first kappa shape index (κ1) is 13.2. The number of aromatic nitrogens is 4. The highest BCUT2D eigenvalue weighted by atomic mass is 16.3. The summed E-state index contributed by atoms with van der Waals surface area (Å²) in [7, 11) is 0. The molecule has 1 N–H and O–H groups in total. The van der Waals surface area contributed by atoms with Gasteiger partial charge in [-0.25, -0.2) is 9.97 Å². The maximum Gasteiger partial charge on any atom is 0.149 e. The average molecular weight is 307 g/mol. The number of aliphatic hydroxyl groups is 1. The highest BCUT2D eigenvalue weighted by Crippen LogP contribution is 2.43. The lowest BCUT2D eigenvalue weighted by Crippen LogP contribution is -2.39. The quantitative estimate of drug-likeness (QED) is 0.784. The van der Waals surface area contributed by atoms with Crippen LogP contribution in [0.4, 0.5) is 0 Å². The van der Waals surface area contributed by atoms with Gasteiger partial charge in [-0.2, -0.15) is 0 Å². The summed E-state index contributed by atoms with van der Waals surface area (Å²) in [4.78, 5) is 15.1. The van der Waals surface area contributed by atoms with E-state index in [1.54, 1.807) is 18.6 Å². The Morgan fingerprint density at radius 2 is 1.96 bits per heavy atom. The van der Waals surface area contributed by atoms with Gasteiger partial charge in [0, 0.05) is 48.8 Å². The third-order valence-corrected chi connectivity index (χ3v) is 4.87. The van der Waals surface area contributed by atoms with Crippen molar-refractivity contribution in [2.75, 3.05) is 6.54 Å². The summed E-state index contributed by atoms with van der Waals surface area (Å²) in [6.45, 7) is 1.75. The summed E-state index contributed by atoms with van der Waals surface area (Å²) in [5.74, 6) is 0. The highest BCUT2D eigenvalue weighted by molar-refractivity contribution is 5.95. The fourth-order valence-corrected chi connectivity index (χ4v) is 3.70. The SMILES string of the molecule is OC1c2c(-c3cncnc3)c3ncccc3n2CCN1C1CC1. The van der Waals surface area contributed by atoms with E-state index in [0.717, 1.165) is 40.9 Å². The van der Waals surface area contributed by atoms with Crippen molar-refractivity contribution in [1.82, 2.24) is 24.4 Å². The molecule has 6 nitrogen and oxygen atoms in total. The van der Waals surface area contributed by atoms with Crippen LogP contribution in [0.3, 0.4) is 0 Å². The molecule has 1 atom stereocenters. The zero-order valence-corrected chi connectivity index (χ0v) is 12.6. The van der Waals surface area contributed by atoms with Crippen LogP contribution in [0.5, 0.6) is 0 Å². The second-order valence-electron chi connectivity index (χ2n) is 6.25. The van der Waals surface area contributed by atoms with Gasteiger partial charge in [0.05, 0.1) is 16.7 Å². The number of nitrogens with zero attached hydrogens (tertiary/aromatic N) is 5. The first-order valence-corrected chi connectivity index (χ1v) is 8.01. The Labute approximate surface area is 133 Å². The van der Waals surface area contributed by atoms with Crippen molar-refractivity contribution >= 4 is 11.0 Å². The van der Waals surface area contributed by atoms with Gasteiger partial charge >= 0.3 is 0 Å². The maximum absolute atomic E-state index is 11.0. The Morgan fingerprint density at radius 1 is 1.13 bits per heavy atom. The summed E-state index contributed by atoms with van der Waals surface area (Å²) in [5, 5.41) is 11.0. The van der Waals surface area contributed by atoms with E-state index in [1.807, 2.05) is 6.07 Å². The van der Waals surface area contributed by atoms with Gasteiger partial charge in [0.1, 0.15) is 12.6 Å². The van der Waals surface area contributed by atoms with Crippen LogP contribution in [-0.4, -0.2) is 42.1 Å². The molecule has 1 unspecified atom stereocenters. The summed E-state index contributed by atoms with van der Waals surface area (Å²) in [5.41, 5.74) is 4.76. The van der Waals surface area contributed by atoms with Gasteiger partial charge in [-0.05, 0) is 25.0 Å². The lowest BCUT2D eigenvalue weighted by molar-refractivity contribution is -0.0255. The minimum absolute atomic E-state index is 0.518. The molecule has 0 bridgehead atoms. The van der Waals surface area contributed by atoms with Crippen molar-refractivity contribution in [3.8, 4) is 11.1 Å². The van der Waals surface area contributed by atoms with E-state index in [1.165, 1.54) is 19.2 Å². The lowest BCUT2D eigenvalue weighted by atomic mass is 10.1. The third kappa shape index (κ3) is 1.92. The molecule has 23 heavy (non-hydrogen) atoms. The van der Waals surface area contributed by atoms with Crippen LogP contribution in [0.15, 0.2) is 37.1 Å². The van der Waals surface area contributed by atoms with Gasteiger partial charge in [0.2, 0.25) is 0 Å². The van der Waals surface area contributed by atoms with Gasteiger partial charge < -0.3 is 9.67 Å². The van der Waals surface area contributed by atoms with Crippen LogP contribution in [0.1, 0.15) is 24.8 Å². The molecule has 0 aromatic carbocycles. The fourth-order valence-electron chi connectivity index (χ4n) is 3.70. The van der Waals surface area contributed by atoms with Gasteiger partial charge in [0.25, 0.3) is 0 Å². The average Bonchev–Trinajstić information content (AvgIpc) is 3.38. The number of pyridine rings is 1. The standard InChI is InChI=1S/C17H17N5O/c23-17-16-14(11-8-18-10-19-9-11)15-13(2-1-5-20-15)22(16)7-6-21(17)12-3-4-12/h1-2,5,8-10,12,17,23H,3-4,6-7H2. The Balaban J connectivity index is 1.79. The second-order valence-corrected chi connectivity index (χ2v) is 6.25. The minimum atomic E-state index is -0.597. The monoisotopic (exact) mass is 307 g/mol. The van der Waals surface area contributed by atoms with Crippen molar-refractivity contribution in [2.45, 2.75) is 31.7 Å². The molecule has 4 heterocycles. The van der Waals surface area contributed by atoms with Crippen LogP contribution in [0.2, 0.25) is 0 Å². The Kier molecular flexibility index (Phi) is 2.77. The molecule has 6 heteroatoms. The summed E-state index contributed by atoms with van der Waals surface area (Å²) in [6.07, 6.45) is 8.67. The molecule has 116 valence electrons. The molecule has 0 saturated heterocycles. The molecule has 3 aromatic heterocycles. The van der Waals surface area contributed by atoms with Crippen molar-refractivity contribution in [1.29, 1.82) is 0 Å². The molecule has 1 aliphatic heterocycles. The molecule has 1 aliphatic carbocycles. The number of hydrogen-bond donors (Lipinski definition) is 1. The number of fused-ring (bicyclic) bond motifs is 3. The predicted molar refractivity (Wildman–Crippen MR) is 85.4 cm³/mol. The Morgan fingerprint density at radius 3 is 2.74 bits per heavy atom. The topological polar surface area (TPSA) is 67.1 Å². The van der Waals surface area contributed by atoms with Crippen LogP contribution in [0, 0.1) is 0 Å². The van der Waals surface area contributed by atoms with Crippen LogP contribution in [-0.2, 0) is 6.54 Å². The van der Waals surface area contributed by atoms with Crippen molar-refractivity contribution < 1.29 is 5.11 Å². The van der Waals surface area contributed by atoms with Crippen LogP contribution in [0.25, 0.3) is 22.2 Å². The fraction of sp³-hybridized carbons (Fsp3) is 0.353.